The van der Waals surface area contributed by atoms with Crippen molar-refractivity contribution in [3.63, 3.8) is 0 Å². The highest BCUT2D eigenvalue weighted by Crippen LogP contribution is 2.25. The number of ketones is 2. The number of Topliss-reactive ketones (excluding diaryl/α,β-unsaturated/α-hetero) is 1. The fourth-order valence-corrected chi connectivity index (χ4v) is 5.73. The zero-order valence-corrected chi connectivity index (χ0v) is 27.3. The van der Waals surface area contributed by atoms with Gasteiger partial charge in [-0.1, -0.05) is 68.7 Å². The average Bonchev–Trinajstić information content (AvgIpc) is 3.04. The van der Waals surface area contributed by atoms with E-state index < -0.39 is 53.7 Å². The topological polar surface area (TPSA) is 148 Å². The predicted octanol–water partition coefficient (Wildman–Crippen LogP) is 4.26. The first kappa shape index (κ1) is 36.6. The molecule has 1 heterocycles. The monoisotopic (exact) mass is 636 g/mol. The van der Waals surface area contributed by atoms with E-state index in [1.165, 1.54) is 13.2 Å². The molecule has 0 unspecified atom stereocenters. The molecule has 2 amide bonds. The first-order valence-corrected chi connectivity index (χ1v) is 16.2. The molecule has 1 aliphatic heterocycles. The average molecular weight is 637 g/mol. The molecule has 0 aromatic carbocycles. The number of aliphatic hydroxyl groups excluding tert-OH is 1. The van der Waals surface area contributed by atoms with Gasteiger partial charge in [0.1, 0.15) is 12.1 Å². The Hall–Kier alpha value is -3.89. The third kappa shape index (κ3) is 11.2. The van der Waals surface area contributed by atoms with Crippen LogP contribution in [0.1, 0.15) is 78.6 Å². The van der Waals surface area contributed by atoms with Crippen LogP contribution in [0.5, 0.6) is 0 Å². The maximum absolute atomic E-state index is 13.1. The van der Waals surface area contributed by atoms with Crippen molar-refractivity contribution in [2.45, 2.75) is 103 Å². The zero-order chi connectivity index (χ0) is 33.6. The van der Waals surface area contributed by atoms with E-state index in [1.54, 1.807) is 57.2 Å². The summed E-state index contributed by atoms with van der Waals surface area (Å²) in [5, 5.41) is 16.6. The molecule has 0 aromatic rings. The second-order valence-electron chi connectivity index (χ2n) is 12.3. The van der Waals surface area contributed by atoms with E-state index in [-0.39, 0.29) is 35.9 Å². The standard InChI is InChI=1S/C36H48N2O8/c1-23-14-13-17-27-20-28(39)21-30(34(27)42)38-32(40)22-29(45-4)18-11-6-5-7-12-19-31(24(2)33(23)41)46-36(44)25(3)37-35(43)26-15-9-8-10-16-26/h5-7,11-12,14,18,20-21,24-26,29,31,33,41H,8-10,13,15-17,19,22H2,1-4H3,(H,37,43)(H,38,40)/b6-5+,12-7+,18-11+,23-14-/t24-,25+,29+,31-,33-/m0/s1. The van der Waals surface area contributed by atoms with Gasteiger partial charge in [-0.25, -0.2) is 4.79 Å². The van der Waals surface area contributed by atoms with Gasteiger partial charge in [0.05, 0.1) is 24.3 Å². The molecule has 3 N–H and O–H groups in total. The van der Waals surface area contributed by atoms with Crippen LogP contribution in [-0.2, 0) is 33.4 Å². The van der Waals surface area contributed by atoms with Crippen molar-refractivity contribution in [2.24, 2.45) is 11.8 Å². The van der Waals surface area contributed by atoms with E-state index in [0.29, 0.717) is 18.4 Å². The Kier molecular flexibility index (Phi) is 14.6. The Morgan fingerprint density at radius 3 is 2.48 bits per heavy atom. The van der Waals surface area contributed by atoms with Crippen molar-refractivity contribution in [1.29, 1.82) is 0 Å². The zero-order valence-electron chi connectivity index (χ0n) is 27.3. The lowest BCUT2D eigenvalue weighted by molar-refractivity contribution is -0.156. The van der Waals surface area contributed by atoms with Crippen molar-refractivity contribution in [3.05, 3.63) is 71.5 Å². The van der Waals surface area contributed by atoms with Gasteiger partial charge in [-0.05, 0) is 51.2 Å². The van der Waals surface area contributed by atoms with Gasteiger partial charge in [-0.2, -0.15) is 0 Å². The molecule has 3 aliphatic rings. The lowest BCUT2D eigenvalue weighted by Gasteiger charge is -2.29. The number of aliphatic hydroxyl groups is 1. The van der Waals surface area contributed by atoms with Crippen LogP contribution in [-0.4, -0.2) is 65.9 Å². The number of allylic oxidation sites excluding steroid dienone is 8. The highest BCUT2D eigenvalue weighted by molar-refractivity contribution is 6.21. The van der Waals surface area contributed by atoms with Gasteiger partial charge in [0.2, 0.25) is 17.6 Å². The number of carbonyl (C=O) groups is 5. The number of fused-ring (bicyclic) bond motifs is 2. The molecule has 1 saturated carbocycles. The SMILES string of the molecule is CO[C@@H]1/C=C/C=C/C=C/C[C@H](OC(=O)[C@@H](C)NC(=O)C2CCCCC2)[C@H](C)[C@@H](O)/C(C)=C\CCC2=CC(=O)C=C(NC(=O)C1)C2=O. The number of carbonyl (C=O) groups excluding carboxylic acids is 5. The van der Waals surface area contributed by atoms with Crippen LogP contribution in [0.2, 0.25) is 0 Å². The second-order valence-corrected chi connectivity index (χ2v) is 12.3. The molecule has 250 valence electrons. The third-order valence-electron chi connectivity index (χ3n) is 8.65. The maximum Gasteiger partial charge on any atom is 0.328 e. The fraction of sp³-hybridized carbons (Fsp3) is 0.528. The summed E-state index contributed by atoms with van der Waals surface area (Å²) in [5.41, 5.74) is 0.803. The van der Waals surface area contributed by atoms with Crippen molar-refractivity contribution in [2.75, 3.05) is 7.11 Å². The number of nitrogens with one attached hydrogen (secondary N) is 2. The van der Waals surface area contributed by atoms with Crippen LogP contribution in [0.3, 0.4) is 0 Å². The van der Waals surface area contributed by atoms with Gasteiger partial charge in [0.25, 0.3) is 0 Å². The molecule has 0 aromatic heterocycles. The molecule has 0 saturated heterocycles. The Balaban J connectivity index is 1.79. The lowest BCUT2D eigenvalue weighted by Crippen LogP contribution is -2.45. The summed E-state index contributed by atoms with van der Waals surface area (Å²) in [5.74, 6) is -2.59. The molecule has 10 nitrogen and oxygen atoms in total. The molecule has 2 aliphatic carbocycles. The molecular formula is C36H48N2O8. The first-order chi connectivity index (χ1) is 22.0. The summed E-state index contributed by atoms with van der Waals surface area (Å²) in [4.78, 5) is 63.8. The minimum atomic E-state index is -0.968. The Labute approximate surface area is 271 Å². The summed E-state index contributed by atoms with van der Waals surface area (Å²) in [6.45, 7) is 5.16. The highest BCUT2D eigenvalue weighted by atomic mass is 16.5. The molecule has 3 rings (SSSR count). The van der Waals surface area contributed by atoms with Gasteiger partial charge in [0, 0.05) is 37.0 Å². The summed E-state index contributed by atoms with van der Waals surface area (Å²) in [6.07, 6.45) is 18.1. The number of amides is 2. The van der Waals surface area contributed by atoms with Gasteiger partial charge >= 0.3 is 5.97 Å². The number of methoxy groups -OCH3 is 1. The quantitative estimate of drug-likeness (QED) is 0.230. The maximum atomic E-state index is 13.1. The van der Waals surface area contributed by atoms with Crippen LogP contribution in [0, 0.1) is 11.8 Å². The van der Waals surface area contributed by atoms with Gasteiger partial charge < -0.3 is 25.2 Å². The molecule has 0 spiro atoms. The summed E-state index contributed by atoms with van der Waals surface area (Å²) in [6, 6.07) is -0.840. The van der Waals surface area contributed by atoms with Crippen molar-refractivity contribution < 1.29 is 38.6 Å². The summed E-state index contributed by atoms with van der Waals surface area (Å²) in [7, 11) is 1.47. The highest BCUT2D eigenvalue weighted by Gasteiger charge is 2.31. The number of hydrogen-bond donors (Lipinski definition) is 3. The normalized spacial score (nSPS) is 29.8. The van der Waals surface area contributed by atoms with Crippen molar-refractivity contribution in [1.82, 2.24) is 10.6 Å². The van der Waals surface area contributed by atoms with Crippen molar-refractivity contribution >= 4 is 29.4 Å². The number of ether oxygens (including phenoxy) is 2. The molecule has 2 bridgehead atoms. The van der Waals surface area contributed by atoms with Crippen LogP contribution >= 0.6 is 0 Å². The third-order valence-corrected chi connectivity index (χ3v) is 8.65. The summed E-state index contributed by atoms with van der Waals surface area (Å²) >= 11 is 0. The van der Waals surface area contributed by atoms with E-state index in [1.807, 2.05) is 6.08 Å². The van der Waals surface area contributed by atoms with Crippen LogP contribution in [0.25, 0.3) is 0 Å². The van der Waals surface area contributed by atoms with Crippen LogP contribution < -0.4 is 10.6 Å². The predicted molar refractivity (Wildman–Crippen MR) is 174 cm³/mol. The van der Waals surface area contributed by atoms with E-state index in [4.69, 9.17) is 9.47 Å². The Morgan fingerprint density at radius 1 is 1.04 bits per heavy atom. The van der Waals surface area contributed by atoms with Gasteiger partial charge in [0.15, 0.2) is 5.78 Å². The van der Waals surface area contributed by atoms with Gasteiger partial charge in [-0.3, -0.25) is 19.2 Å². The lowest BCUT2D eigenvalue weighted by atomic mass is 9.88. The first-order valence-electron chi connectivity index (χ1n) is 16.2. The Bertz CT molecular complexity index is 1310. The van der Waals surface area contributed by atoms with E-state index in [2.05, 4.69) is 10.6 Å². The van der Waals surface area contributed by atoms with E-state index >= 15 is 0 Å². The smallest absolute Gasteiger partial charge is 0.328 e. The van der Waals surface area contributed by atoms with Gasteiger partial charge in [-0.15, -0.1) is 0 Å². The molecule has 1 fully saturated rings. The minimum absolute atomic E-state index is 0.0567. The number of esters is 1. The number of rotatable bonds is 5. The van der Waals surface area contributed by atoms with E-state index in [0.717, 1.165) is 38.2 Å². The summed E-state index contributed by atoms with van der Waals surface area (Å²) < 4.78 is 11.3. The van der Waals surface area contributed by atoms with Crippen molar-refractivity contribution in [3.8, 4) is 0 Å². The molecule has 0 radical (unpaired) electrons. The molecule has 10 heteroatoms. The van der Waals surface area contributed by atoms with Crippen LogP contribution in [0.4, 0.5) is 0 Å². The molecule has 46 heavy (non-hydrogen) atoms. The molecule has 5 atom stereocenters. The molecular weight excluding hydrogens is 588 g/mol. The van der Waals surface area contributed by atoms with Crippen LogP contribution in [0.15, 0.2) is 71.5 Å². The Morgan fingerprint density at radius 2 is 1.76 bits per heavy atom. The van der Waals surface area contributed by atoms with E-state index in [9.17, 15) is 29.1 Å². The number of hydrogen-bond acceptors (Lipinski definition) is 8. The minimum Gasteiger partial charge on any atom is -0.460 e. The second kappa shape index (κ2) is 18.3. The largest absolute Gasteiger partial charge is 0.460 e. The fourth-order valence-electron chi connectivity index (χ4n) is 5.73.